The van der Waals surface area contributed by atoms with Gasteiger partial charge in [0, 0.05) is 54.9 Å². The van der Waals surface area contributed by atoms with Gasteiger partial charge in [0.05, 0.1) is 38.1 Å². The Kier molecular flexibility index (Phi) is 8.05. The minimum atomic E-state index is 0.427. The molecule has 0 bridgehead atoms. The van der Waals surface area contributed by atoms with Crippen LogP contribution in [0.2, 0.25) is 0 Å². The Balaban J connectivity index is 1.43. The van der Waals surface area contributed by atoms with Crippen molar-refractivity contribution < 1.29 is 14.2 Å². The normalized spacial score (nSPS) is 10.7. The first-order valence-electron chi connectivity index (χ1n) is 12.7. The lowest BCUT2D eigenvalue weighted by molar-refractivity contribution is 0.324. The number of pyridine rings is 2. The van der Waals surface area contributed by atoms with Crippen LogP contribution >= 0.6 is 0 Å². The minimum absolute atomic E-state index is 0.427. The number of methoxy groups -OCH3 is 3. The molecule has 8 heteroatoms. The molecular weight excluding hydrogens is 502 g/mol. The zero-order valence-electron chi connectivity index (χ0n) is 22.6. The number of fused-ring (bicyclic) bond motifs is 1. The van der Waals surface area contributed by atoms with E-state index in [1.54, 1.807) is 52.1 Å². The van der Waals surface area contributed by atoms with Gasteiger partial charge in [0.2, 0.25) is 5.75 Å². The monoisotopic (exact) mass is 531 g/mol. The summed E-state index contributed by atoms with van der Waals surface area (Å²) in [6.07, 6.45) is 5.19. The lowest BCUT2D eigenvalue weighted by Crippen LogP contribution is -2.12. The van der Waals surface area contributed by atoms with Crippen molar-refractivity contribution in [2.45, 2.75) is 13.1 Å². The Morgan fingerprint density at radius 3 is 2.23 bits per heavy atom. The molecular formula is C32H29N5O3. The number of nitriles is 1. The van der Waals surface area contributed by atoms with Crippen LogP contribution in [0.3, 0.4) is 0 Å². The van der Waals surface area contributed by atoms with Crippen molar-refractivity contribution in [3.05, 3.63) is 102 Å². The fraction of sp³-hybridized carbons (Fsp3) is 0.156. The molecule has 0 aliphatic heterocycles. The number of benzene rings is 3. The molecule has 0 unspecified atom stereocenters. The lowest BCUT2D eigenvalue weighted by atomic mass is 10.00. The van der Waals surface area contributed by atoms with E-state index in [1.165, 1.54) is 11.1 Å². The molecule has 3 aromatic carbocycles. The first-order valence-corrected chi connectivity index (χ1v) is 12.7. The van der Waals surface area contributed by atoms with Crippen molar-refractivity contribution >= 4 is 22.3 Å². The molecule has 0 aliphatic carbocycles. The Hall–Kier alpha value is -5.13. The number of ether oxygens (including phenoxy) is 3. The SMILES string of the molecule is COc1cc(Nc2c(C#N)cnc3cc(-c4cccc(CNCc5ccncc5)c4)ccc23)cc(OC)c1OC. The van der Waals surface area contributed by atoms with E-state index in [2.05, 4.69) is 57.0 Å². The second-order valence-electron chi connectivity index (χ2n) is 9.09. The van der Waals surface area contributed by atoms with Gasteiger partial charge in [-0.1, -0.05) is 30.3 Å². The van der Waals surface area contributed by atoms with Gasteiger partial charge in [-0.15, -0.1) is 0 Å². The van der Waals surface area contributed by atoms with Crippen molar-refractivity contribution in [1.29, 1.82) is 5.26 Å². The molecule has 2 heterocycles. The number of hydrogen-bond acceptors (Lipinski definition) is 8. The number of nitrogens with zero attached hydrogens (tertiary/aromatic N) is 3. The second kappa shape index (κ2) is 12.2. The highest BCUT2D eigenvalue weighted by atomic mass is 16.5. The van der Waals surface area contributed by atoms with E-state index in [0.29, 0.717) is 34.2 Å². The number of nitrogens with one attached hydrogen (secondary N) is 2. The van der Waals surface area contributed by atoms with Gasteiger partial charge in [-0.3, -0.25) is 9.97 Å². The molecule has 0 saturated carbocycles. The highest BCUT2D eigenvalue weighted by molar-refractivity contribution is 5.98. The van der Waals surface area contributed by atoms with Crippen LogP contribution in [0.4, 0.5) is 11.4 Å². The van der Waals surface area contributed by atoms with Crippen LogP contribution in [0.5, 0.6) is 17.2 Å². The zero-order chi connectivity index (χ0) is 27.9. The van der Waals surface area contributed by atoms with Gasteiger partial charge >= 0.3 is 0 Å². The molecule has 5 rings (SSSR count). The summed E-state index contributed by atoms with van der Waals surface area (Å²) in [5, 5.41) is 17.5. The summed E-state index contributed by atoms with van der Waals surface area (Å²) in [6.45, 7) is 1.52. The fourth-order valence-corrected chi connectivity index (χ4v) is 4.60. The zero-order valence-corrected chi connectivity index (χ0v) is 22.6. The second-order valence-corrected chi connectivity index (χ2v) is 9.09. The fourth-order valence-electron chi connectivity index (χ4n) is 4.60. The summed E-state index contributed by atoms with van der Waals surface area (Å²) in [7, 11) is 4.69. The summed E-state index contributed by atoms with van der Waals surface area (Å²) in [6, 6.07) is 24.4. The van der Waals surface area contributed by atoms with Crippen LogP contribution in [0.25, 0.3) is 22.0 Å². The van der Waals surface area contributed by atoms with Gasteiger partial charge < -0.3 is 24.8 Å². The third kappa shape index (κ3) is 5.65. The first-order chi connectivity index (χ1) is 19.6. The third-order valence-electron chi connectivity index (χ3n) is 6.59. The predicted octanol–water partition coefficient (Wildman–Crippen LogP) is 6.23. The lowest BCUT2D eigenvalue weighted by Gasteiger charge is -2.17. The summed E-state index contributed by atoms with van der Waals surface area (Å²) in [5.74, 6) is 1.52. The largest absolute Gasteiger partial charge is 0.493 e. The van der Waals surface area contributed by atoms with Crippen molar-refractivity contribution in [1.82, 2.24) is 15.3 Å². The maximum atomic E-state index is 9.84. The molecule has 5 aromatic rings. The van der Waals surface area contributed by atoms with E-state index in [1.807, 2.05) is 24.3 Å². The molecule has 200 valence electrons. The van der Waals surface area contributed by atoms with Gasteiger partial charge in [0.1, 0.15) is 6.07 Å². The molecule has 0 radical (unpaired) electrons. The van der Waals surface area contributed by atoms with Crippen LogP contribution in [0.15, 0.2) is 85.3 Å². The van der Waals surface area contributed by atoms with E-state index < -0.39 is 0 Å². The summed E-state index contributed by atoms with van der Waals surface area (Å²) in [4.78, 5) is 8.66. The molecule has 0 atom stereocenters. The standard InChI is InChI=1S/C32H29N5O3/c1-38-29-15-26(16-30(39-2)32(29)40-3)37-31-25(17-33)20-36-28-14-24(7-8-27(28)31)23-6-4-5-22(13-23)19-35-18-21-9-11-34-12-10-21/h4-16,20,35H,18-19H2,1-3H3,(H,36,37). The van der Waals surface area contributed by atoms with Gasteiger partial charge in [0.15, 0.2) is 11.5 Å². The molecule has 2 N–H and O–H groups in total. The smallest absolute Gasteiger partial charge is 0.203 e. The van der Waals surface area contributed by atoms with Crippen LogP contribution < -0.4 is 24.8 Å². The van der Waals surface area contributed by atoms with E-state index in [0.717, 1.165) is 35.1 Å². The van der Waals surface area contributed by atoms with Gasteiger partial charge in [0.25, 0.3) is 0 Å². The number of anilines is 2. The average molecular weight is 532 g/mol. The molecule has 0 fully saturated rings. The maximum Gasteiger partial charge on any atom is 0.203 e. The number of aromatic nitrogens is 2. The molecule has 0 saturated heterocycles. The summed E-state index contributed by atoms with van der Waals surface area (Å²) < 4.78 is 16.4. The van der Waals surface area contributed by atoms with E-state index in [-0.39, 0.29) is 0 Å². The Morgan fingerprint density at radius 2 is 1.52 bits per heavy atom. The molecule has 40 heavy (non-hydrogen) atoms. The van der Waals surface area contributed by atoms with Crippen LogP contribution in [-0.4, -0.2) is 31.3 Å². The molecule has 0 aliphatic rings. The quantitative estimate of drug-likeness (QED) is 0.219. The minimum Gasteiger partial charge on any atom is -0.493 e. The van der Waals surface area contributed by atoms with E-state index in [4.69, 9.17) is 14.2 Å². The van der Waals surface area contributed by atoms with Gasteiger partial charge in [-0.25, -0.2) is 0 Å². The predicted molar refractivity (Wildman–Crippen MR) is 156 cm³/mol. The Bertz CT molecular complexity index is 1660. The third-order valence-corrected chi connectivity index (χ3v) is 6.59. The van der Waals surface area contributed by atoms with Gasteiger partial charge in [-0.2, -0.15) is 5.26 Å². The van der Waals surface area contributed by atoms with Crippen LogP contribution in [0.1, 0.15) is 16.7 Å². The van der Waals surface area contributed by atoms with Crippen LogP contribution in [-0.2, 0) is 13.1 Å². The maximum absolute atomic E-state index is 9.84. The van der Waals surface area contributed by atoms with E-state index in [9.17, 15) is 5.26 Å². The number of hydrogen-bond donors (Lipinski definition) is 2. The highest BCUT2D eigenvalue weighted by Crippen LogP contribution is 2.41. The summed E-state index contributed by atoms with van der Waals surface area (Å²) >= 11 is 0. The Morgan fingerprint density at radius 1 is 0.800 bits per heavy atom. The molecule has 0 amide bonds. The van der Waals surface area contributed by atoms with Crippen molar-refractivity contribution in [3.63, 3.8) is 0 Å². The van der Waals surface area contributed by atoms with Crippen molar-refractivity contribution in [3.8, 4) is 34.4 Å². The molecule has 0 spiro atoms. The van der Waals surface area contributed by atoms with Crippen molar-refractivity contribution in [2.24, 2.45) is 0 Å². The highest BCUT2D eigenvalue weighted by Gasteiger charge is 2.16. The summed E-state index contributed by atoms with van der Waals surface area (Å²) in [5.41, 5.74) is 7.05. The van der Waals surface area contributed by atoms with E-state index >= 15 is 0 Å². The molecule has 8 nitrogen and oxygen atoms in total. The van der Waals surface area contributed by atoms with Crippen molar-refractivity contribution in [2.75, 3.05) is 26.6 Å². The topological polar surface area (TPSA) is 101 Å². The average Bonchev–Trinajstić information content (AvgIpc) is 3.01. The van der Waals surface area contributed by atoms with Crippen LogP contribution in [0, 0.1) is 11.3 Å². The Labute approximate surface area is 233 Å². The van der Waals surface area contributed by atoms with Gasteiger partial charge in [-0.05, 0) is 46.5 Å². The first kappa shape index (κ1) is 26.5. The molecule has 2 aromatic heterocycles. The number of rotatable bonds is 10.